The molecule has 0 heterocycles. The normalized spacial score (nSPS) is 12.5. The molecule has 0 radical (unpaired) electrons. The van der Waals surface area contributed by atoms with Gasteiger partial charge in [-0.2, -0.15) is 0 Å². The Kier molecular flexibility index (Phi) is 10.3. The maximum Gasteiger partial charge on any atom is 0.261 e. The van der Waals surface area contributed by atoms with Gasteiger partial charge in [-0.1, -0.05) is 61.0 Å². The zero-order chi connectivity index (χ0) is 26.1. The van der Waals surface area contributed by atoms with Crippen LogP contribution in [0.5, 0.6) is 5.75 Å². The van der Waals surface area contributed by atoms with Crippen LogP contribution in [0, 0.1) is 5.82 Å². The van der Waals surface area contributed by atoms with Gasteiger partial charge in [-0.05, 0) is 70.7 Å². The molecule has 3 rings (SSSR count). The van der Waals surface area contributed by atoms with Crippen LogP contribution >= 0.6 is 27.5 Å². The van der Waals surface area contributed by atoms with Crippen LogP contribution in [0.25, 0.3) is 0 Å². The Labute approximate surface area is 224 Å². The number of benzene rings is 3. The van der Waals surface area contributed by atoms with E-state index in [4.69, 9.17) is 16.3 Å². The van der Waals surface area contributed by atoms with Crippen molar-refractivity contribution in [3.8, 4) is 5.75 Å². The van der Waals surface area contributed by atoms with Gasteiger partial charge in [-0.3, -0.25) is 9.59 Å². The standard InChI is InChI=1S/C28H29BrClFN2O3/c1-3-19(2)32-28(35)25(15-20-7-5-4-6-8-20)33(17-21-9-12-23(31)13-10-21)27(34)18-36-26-14-11-22(30)16-24(26)29/h4-14,16,19,25H,3,15,17-18H2,1-2H3,(H,32,35). The zero-order valence-corrected chi connectivity index (χ0v) is 22.6. The average Bonchev–Trinajstić information content (AvgIpc) is 2.87. The number of hydrogen-bond acceptors (Lipinski definition) is 3. The Morgan fingerprint density at radius 3 is 2.39 bits per heavy atom. The van der Waals surface area contributed by atoms with Gasteiger partial charge in [0.05, 0.1) is 4.47 Å². The van der Waals surface area contributed by atoms with Gasteiger partial charge in [0.25, 0.3) is 5.91 Å². The van der Waals surface area contributed by atoms with E-state index < -0.39 is 6.04 Å². The molecule has 5 nitrogen and oxygen atoms in total. The van der Waals surface area contributed by atoms with Gasteiger partial charge < -0.3 is 15.0 Å². The summed E-state index contributed by atoms with van der Waals surface area (Å²) in [6.07, 6.45) is 1.07. The number of hydrogen-bond donors (Lipinski definition) is 1. The Bertz CT molecular complexity index is 1160. The third-order valence-electron chi connectivity index (χ3n) is 5.78. The first-order valence-corrected chi connectivity index (χ1v) is 12.9. The van der Waals surface area contributed by atoms with Gasteiger partial charge >= 0.3 is 0 Å². The predicted molar refractivity (Wildman–Crippen MR) is 143 cm³/mol. The molecule has 2 unspecified atom stereocenters. The minimum atomic E-state index is -0.795. The van der Waals surface area contributed by atoms with Crippen LogP contribution in [-0.4, -0.2) is 35.4 Å². The smallest absolute Gasteiger partial charge is 0.261 e. The topological polar surface area (TPSA) is 58.6 Å². The molecular formula is C28H29BrClFN2O3. The van der Waals surface area contributed by atoms with Gasteiger partial charge in [-0.25, -0.2) is 4.39 Å². The molecule has 0 saturated carbocycles. The molecule has 0 aromatic heterocycles. The number of carbonyl (C=O) groups excluding carboxylic acids is 2. The molecule has 0 bridgehead atoms. The van der Waals surface area contributed by atoms with Crippen LogP contribution in [0.3, 0.4) is 0 Å². The van der Waals surface area contributed by atoms with Crippen LogP contribution < -0.4 is 10.1 Å². The van der Waals surface area contributed by atoms with Crippen molar-refractivity contribution >= 4 is 39.3 Å². The number of halogens is 3. The van der Waals surface area contributed by atoms with Crippen molar-refractivity contribution in [1.82, 2.24) is 10.2 Å². The summed E-state index contributed by atoms with van der Waals surface area (Å²) in [6.45, 7) is 3.74. The molecule has 8 heteroatoms. The maximum absolute atomic E-state index is 13.6. The van der Waals surface area contributed by atoms with Gasteiger partial charge in [0.15, 0.2) is 6.61 Å². The summed E-state index contributed by atoms with van der Waals surface area (Å²) in [4.78, 5) is 28.5. The second-order valence-electron chi connectivity index (χ2n) is 8.53. The number of amides is 2. The summed E-state index contributed by atoms with van der Waals surface area (Å²) in [7, 11) is 0. The fourth-order valence-electron chi connectivity index (χ4n) is 3.60. The van der Waals surface area contributed by atoms with E-state index in [0.717, 1.165) is 12.0 Å². The van der Waals surface area contributed by atoms with Crippen LogP contribution in [-0.2, 0) is 22.6 Å². The number of nitrogens with zero attached hydrogens (tertiary/aromatic N) is 1. The molecule has 1 N–H and O–H groups in total. The highest BCUT2D eigenvalue weighted by molar-refractivity contribution is 9.10. The first kappa shape index (κ1) is 27.7. The molecule has 2 amide bonds. The molecule has 36 heavy (non-hydrogen) atoms. The fraction of sp³-hybridized carbons (Fsp3) is 0.286. The summed E-state index contributed by atoms with van der Waals surface area (Å²) in [5.41, 5.74) is 1.62. The van der Waals surface area contributed by atoms with E-state index in [-0.39, 0.29) is 36.8 Å². The van der Waals surface area contributed by atoms with Crippen molar-refractivity contribution < 1.29 is 18.7 Å². The highest BCUT2D eigenvalue weighted by atomic mass is 79.9. The zero-order valence-electron chi connectivity index (χ0n) is 20.2. The minimum absolute atomic E-state index is 0.0557. The van der Waals surface area contributed by atoms with Crippen LogP contribution in [0.4, 0.5) is 4.39 Å². The molecule has 3 aromatic rings. The molecule has 3 aromatic carbocycles. The monoisotopic (exact) mass is 574 g/mol. The first-order valence-electron chi connectivity index (χ1n) is 11.7. The average molecular weight is 576 g/mol. The first-order chi connectivity index (χ1) is 17.3. The van der Waals surface area contributed by atoms with Crippen molar-refractivity contribution in [2.75, 3.05) is 6.61 Å². The van der Waals surface area contributed by atoms with Crippen molar-refractivity contribution in [2.24, 2.45) is 0 Å². The lowest BCUT2D eigenvalue weighted by Gasteiger charge is -2.32. The summed E-state index contributed by atoms with van der Waals surface area (Å²) in [5, 5.41) is 3.54. The van der Waals surface area contributed by atoms with Gasteiger partial charge in [0.2, 0.25) is 5.91 Å². The van der Waals surface area contributed by atoms with Gasteiger partial charge in [0.1, 0.15) is 17.6 Å². The molecule has 190 valence electrons. The molecule has 0 aliphatic heterocycles. The lowest BCUT2D eigenvalue weighted by Crippen LogP contribution is -2.53. The van der Waals surface area contributed by atoms with Crippen molar-refractivity contribution in [3.63, 3.8) is 0 Å². The largest absolute Gasteiger partial charge is 0.483 e. The summed E-state index contributed by atoms with van der Waals surface area (Å²) in [5.74, 6) is -0.543. The van der Waals surface area contributed by atoms with E-state index in [1.165, 1.54) is 17.0 Å². The van der Waals surface area contributed by atoms with Crippen molar-refractivity contribution in [2.45, 2.75) is 45.3 Å². The summed E-state index contributed by atoms with van der Waals surface area (Å²) in [6, 6.07) is 19.6. The van der Waals surface area contributed by atoms with E-state index in [0.29, 0.717) is 27.2 Å². The third-order valence-corrected chi connectivity index (χ3v) is 6.64. The Morgan fingerprint density at radius 2 is 1.75 bits per heavy atom. The lowest BCUT2D eigenvalue weighted by atomic mass is 10.0. The lowest BCUT2D eigenvalue weighted by molar-refractivity contribution is -0.143. The Morgan fingerprint density at radius 1 is 1.06 bits per heavy atom. The third kappa shape index (κ3) is 8.07. The van der Waals surface area contributed by atoms with E-state index in [1.54, 1.807) is 30.3 Å². The number of carbonyl (C=O) groups is 2. The number of nitrogens with one attached hydrogen (secondary N) is 1. The predicted octanol–water partition coefficient (Wildman–Crippen LogP) is 6.18. The van der Waals surface area contributed by atoms with E-state index in [1.807, 2.05) is 44.2 Å². The highest BCUT2D eigenvalue weighted by Crippen LogP contribution is 2.28. The molecule has 0 saturated heterocycles. The SMILES string of the molecule is CCC(C)NC(=O)C(Cc1ccccc1)N(Cc1ccc(F)cc1)C(=O)COc1ccc(Cl)cc1Br. The molecule has 2 atom stereocenters. The Balaban J connectivity index is 1.91. The Hall–Kier alpha value is -2.90. The molecule has 0 spiro atoms. The molecule has 0 aliphatic carbocycles. The minimum Gasteiger partial charge on any atom is -0.483 e. The van der Waals surface area contributed by atoms with Gasteiger partial charge in [0, 0.05) is 24.0 Å². The number of rotatable bonds is 11. The maximum atomic E-state index is 13.6. The molecule has 0 fully saturated rings. The molecular weight excluding hydrogens is 547 g/mol. The van der Waals surface area contributed by atoms with Crippen LogP contribution in [0.2, 0.25) is 5.02 Å². The second-order valence-corrected chi connectivity index (χ2v) is 9.83. The number of ether oxygens (including phenoxy) is 1. The summed E-state index contributed by atoms with van der Waals surface area (Å²) < 4.78 is 19.9. The van der Waals surface area contributed by atoms with Crippen LogP contribution in [0.15, 0.2) is 77.3 Å². The summed E-state index contributed by atoms with van der Waals surface area (Å²) >= 11 is 9.40. The second kappa shape index (κ2) is 13.4. The highest BCUT2D eigenvalue weighted by Gasteiger charge is 2.31. The van der Waals surface area contributed by atoms with E-state index >= 15 is 0 Å². The quantitative estimate of drug-likeness (QED) is 0.297. The van der Waals surface area contributed by atoms with Gasteiger partial charge in [-0.15, -0.1) is 0 Å². The van der Waals surface area contributed by atoms with E-state index in [2.05, 4.69) is 21.2 Å². The molecule has 0 aliphatic rings. The van der Waals surface area contributed by atoms with Crippen molar-refractivity contribution in [1.29, 1.82) is 0 Å². The van der Waals surface area contributed by atoms with Crippen molar-refractivity contribution in [3.05, 3.63) is 99.2 Å². The van der Waals surface area contributed by atoms with E-state index in [9.17, 15) is 14.0 Å². The fourth-order valence-corrected chi connectivity index (χ4v) is 4.39. The van der Waals surface area contributed by atoms with Crippen LogP contribution in [0.1, 0.15) is 31.4 Å².